The van der Waals surface area contributed by atoms with E-state index in [2.05, 4.69) is 25.1 Å². The normalized spacial score (nSPS) is 19.3. The van der Waals surface area contributed by atoms with Crippen LogP contribution in [0.15, 0.2) is 42.5 Å². The number of benzene rings is 2. The molecule has 118 valence electrons. The average molecular weight is 308 g/mol. The van der Waals surface area contributed by atoms with Crippen molar-refractivity contribution in [1.82, 2.24) is 0 Å². The first-order valence-corrected chi connectivity index (χ1v) is 8.16. The maximum atomic E-state index is 12.7. The molecule has 0 aromatic heterocycles. The minimum atomic E-state index is -0.354. The molecule has 4 rings (SSSR count). The molecule has 2 heterocycles. The molecule has 0 amide bonds. The monoisotopic (exact) mass is 308 g/mol. The van der Waals surface area contributed by atoms with E-state index in [1.54, 1.807) is 0 Å². The molecule has 0 unspecified atom stereocenters. The van der Waals surface area contributed by atoms with Crippen LogP contribution in [0.4, 0.5) is 0 Å². The Bertz CT molecular complexity index is 757. The van der Waals surface area contributed by atoms with Gasteiger partial charge in [-0.25, -0.2) is 0 Å². The predicted molar refractivity (Wildman–Crippen MR) is 89.0 cm³/mol. The van der Waals surface area contributed by atoms with Crippen LogP contribution in [0.25, 0.3) is 11.1 Å². The number of rotatable bonds is 1. The first-order valence-electron chi connectivity index (χ1n) is 8.16. The molecular weight excluding hydrogens is 288 g/mol. The van der Waals surface area contributed by atoms with Crippen molar-refractivity contribution in [3.8, 4) is 16.9 Å². The summed E-state index contributed by atoms with van der Waals surface area (Å²) < 4.78 is 11.7. The first-order chi connectivity index (χ1) is 11.2. The zero-order valence-electron chi connectivity index (χ0n) is 13.3. The van der Waals surface area contributed by atoms with Crippen molar-refractivity contribution in [1.29, 1.82) is 0 Å². The van der Waals surface area contributed by atoms with Crippen LogP contribution < -0.4 is 4.74 Å². The van der Waals surface area contributed by atoms with Crippen molar-refractivity contribution in [2.45, 2.75) is 31.8 Å². The smallest absolute Gasteiger partial charge is 0.170 e. The van der Waals surface area contributed by atoms with Gasteiger partial charge in [0.1, 0.15) is 11.4 Å². The number of hydrogen-bond donors (Lipinski definition) is 0. The van der Waals surface area contributed by atoms with E-state index in [9.17, 15) is 4.79 Å². The van der Waals surface area contributed by atoms with E-state index in [4.69, 9.17) is 9.47 Å². The number of aryl methyl sites for hydroxylation is 1. The third-order valence-electron chi connectivity index (χ3n) is 4.84. The number of carbonyl (C=O) groups excluding carboxylic acids is 1. The third-order valence-corrected chi connectivity index (χ3v) is 4.84. The van der Waals surface area contributed by atoms with Gasteiger partial charge >= 0.3 is 0 Å². The summed E-state index contributed by atoms with van der Waals surface area (Å²) in [5.74, 6) is 0.905. The Morgan fingerprint density at radius 3 is 2.57 bits per heavy atom. The number of carbonyl (C=O) groups is 1. The van der Waals surface area contributed by atoms with E-state index >= 15 is 0 Å². The highest BCUT2D eigenvalue weighted by Crippen LogP contribution is 2.40. The molecule has 0 saturated carbocycles. The molecule has 1 fully saturated rings. The minimum Gasteiger partial charge on any atom is -0.486 e. The van der Waals surface area contributed by atoms with Gasteiger partial charge < -0.3 is 9.47 Å². The summed E-state index contributed by atoms with van der Waals surface area (Å²) in [6, 6.07) is 14.3. The van der Waals surface area contributed by atoms with Crippen molar-refractivity contribution >= 4 is 5.78 Å². The first kappa shape index (κ1) is 14.5. The standard InChI is InChI=1S/C20H20O3/c1-14-3-2-4-15(11-14)16-5-6-19-17(12-16)18(21)13-20(23-19)7-9-22-10-8-20/h2-6,11-12H,7-10,13H2,1H3. The molecule has 2 aromatic carbocycles. The quantitative estimate of drug-likeness (QED) is 0.793. The van der Waals surface area contributed by atoms with Crippen molar-refractivity contribution < 1.29 is 14.3 Å². The van der Waals surface area contributed by atoms with Crippen LogP contribution in [0.1, 0.15) is 35.2 Å². The summed E-state index contributed by atoms with van der Waals surface area (Å²) in [5, 5.41) is 0. The second kappa shape index (κ2) is 5.50. The van der Waals surface area contributed by atoms with Gasteiger partial charge in [-0.2, -0.15) is 0 Å². The molecule has 2 aromatic rings. The van der Waals surface area contributed by atoms with Gasteiger partial charge in [0.25, 0.3) is 0 Å². The molecule has 0 aliphatic carbocycles. The van der Waals surface area contributed by atoms with Crippen LogP contribution in [-0.4, -0.2) is 24.6 Å². The maximum Gasteiger partial charge on any atom is 0.170 e. The Hall–Kier alpha value is -2.13. The summed E-state index contributed by atoms with van der Waals surface area (Å²) in [6.07, 6.45) is 2.04. The minimum absolute atomic E-state index is 0.183. The number of fused-ring (bicyclic) bond motifs is 1. The van der Waals surface area contributed by atoms with Crippen LogP contribution in [0, 0.1) is 6.92 Å². The zero-order chi connectivity index (χ0) is 15.9. The molecule has 0 radical (unpaired) electrons. The van der Waals surface area contributed by atoms with Gasteiger partial charge in [-0.1, -0.05) is 35.9 Å². The Morgan fingerprint density at radius 1 is 1.00 bits per heavy atom. The maximum absolute atomic E-state index is 12.7. The van der Waals surface area contributed by atoms with Gasteiger partial charge in [-0.15, -0.1) is 0 Å². The van der Waals surface area contributed by atoms with Crippen molar-refractivity contribution in [2.24, 2.45) is 0 Å². The van der Waals surface area contributed by atoms with Gasteiger partial charge in [0.15, 0.2) is 5.78 Å². The molecule has 2 aliphatic heterocycles. The number of ketones is 1. The Morgan fingerprint density at radius 2 is 1.78 bits per heavy atom. The second-order valence-electron chi connectivity index (χ2n) is 6.58. The van der Waals surface area contributed by atoms with Gasteiger partial charge in [-0.3, -0.25) is 4.79 Å². The fraction of sp³-hybridized carbons (Fsp3) is 0.350. The second-order valence-corrected chi connectivity index (χ2v) is 6.58. The number of Topliss-reactive ketones (excluding diaryl/α,β-unsaturated/α-hetero) is 1. The van der Waals surface area contributed by atoms with E-state index < -0.39 is 0 Å². The molecule has 3 heteroatoms. The summed E-state index contributed by atoms with van der Waals surface area (Å²) in [5.41, 5.74) is 3.76. The van der Waals surface area contributed by atoms with Crippen molar-refractivity contribution in [3.63, 3.8) is 0 Å². The van der Waals surface area contributed by atoms with Crippen LogP contribution in [0.3, 0.4) is 0 Å². The molecule has 1 spiro atoms. The topological polar surface area (TPSA) is 35.5 Å². The number of hydrogen-bond acceptors (Lipinski definition) is 3. The summed E-state index contributed by atoms with van der Waals surface area (Å²) >= 11 is 0. The fourth-order valence-corrected chi connectivity index (χ4v) is 3.52. The molecule has 0 atom stereocenters. The van der Waals surface area contributed by atoms with E-state index in [-0.39, 0.29) is 11.4 Å². The highest BCUT2D eigenvalue weighted by molar-refractivity contribution is 6.01. The highest BCUT2D eigenvalue weighted by atomic mass is 16.5. The SMILES string of the molecule is Cc1cccc(-c2ccc3c(c2)C(=O)CC2(CCOCC2)O3)c1. The van der Waals surface area contributed by atoms with Crippen LogP contribution in [0.2, 0.25) is 0 Å². The zero-order valence-corrected chi connectivity index (χ0v) is 13.3. The summed E-state index contributed by atoms with van der Waals surface area (Å²) in [7, 11) is 0. The molecule has 3 nitrogen and oxygen atoms in total. The van der Waals surface area contributed by atoms with E-state index in [0.717, 1.165) is 29.7 Å². The Labute approximate surface area is 136 Å². The lowest BCUT2D eigenvalue weighted by atomic mass is 9.83. The van der Waals surface area contributed by atoms with Crippen LogP contribution in [0.5, 0.6) is 5.75 Å². The third kappa shape index (κ3) is 2.66. The lowest BCUT2D eigenvalue weighted by Crippen LogP contribution is -2.46. The number of ether oxygens (including phenoxy) is 2. The summed E-state index contributed by atoms with van der Waals surface area (Å²) in [4.78, 5) is 12.7. The predicted octanol–water partition coefficient (Wildman–Crippen LogP) is 4.18. The van der Waals surface area contributed by atoms with E-state index in [0.29, 0.717) is 25.2 Å². The highest BCUT2D eigenvalue weighted by Gasteiger charge is 2.41. The molecule has 0 bridgehead atoms. The molecule has 2 aliphatic rings. The lowest BCUT2D eigenvalue weighted by molar-refractivity contribution is -0.0504. The van der Waals surface area contributed by atoms with Gasteiger partial charge in [0, 0.05) is 12.8 Å². The lowest BCUT2D eigenvalue weighted by Gasteiger charge is -2.40. The molecular formula is C20H20O3. The largest absolute Gasteiger partial charge is 0.486 e. The molecule has 0 N–H and O–H groups in total. The van der Waals surface area contributed by atoms with Crippen LogP contribution in [-0.2, 0) is 4.74 Å². The Kier molecular flexibility index (Phi) is 3.46. The van der Waals surface area contributed by atoms with E-state index in [1.165, 1.54) is 5.56 Å². The van der Waals surface area contributed by atoms with Crippen LogP contribution >= 0.6 is 0 Å². The van der Waals surface area contributed by atoms with E-state index in [1.807, 2.05) is 24.3 Å². The average Bonchev–Trinajstić information content (AvgIpc) is 2.55. The van der Waals surface area contributed by atoms with Gasteiger partial charge in [-0.05, 0) is 30.2 Å². The van der Waals surface area contributed by atoms with Crippen molar-refractivity contribution in [3.05, 3.63) is 53.6 Å². The van der Waals surface area contributed by atoms with Crippen molar-refractivity contribution in [2.75, 3.05) is 13.2 Å². The van der Waals surface area contributed by atoms with Gasteiger partial charge in [0.2, 0.25) is 0 Å². The van der Waals surface area contributed by atoms with Gasteiger partial charge in [0.05, 0.1) is 25.2 Å². The summed E-state index contributed by atoms with van der Waals surface area (Å²) in [6.45, 7) is 3.42. The molecule has 1 saturated heterocycles. The molecule has 23 heavy (non-hydrogen) atoms. The fourth-order valence-electron chi connectivity index (χ4n) is 3.52. The Balaban J connectivity index is 1.70.